The van der Waals surface area contributed by atoms with Gasteiger partial charge in [0.25, 0.3) is 0 Å². The van der Waals surface area contributed by atoms with Crippen LogP contribution < -0.4 is 10.6 Å². The van der Waals surface area contributed by atoms with E-state index >= 15 is 0 Å². The third kappa shape index (κ3) is 4.41. The number of carbonyl (C=O) groups is 2. The number of rotatable bonds is 2. The maximum atomic E-state index is 12.2. The fourth-order valence-electron chi connectivity index (χ4n) is 2.79. The lowest BCUT2D eigenvalue weighted by Gasteiger charge is -2.39. The van der Waals surface area contributed by atoms with Gasteiger partial charge in [0.05, 0.1) is 19.3 Å². The molecule has 2 heterocycles. The number of urea groups is 1. The minimum atomic E-state index is -0.458. The molecule has 2 fully saturated rings. The number of likely N-dealkylation sites (tertiary alicyclic amines) is 1. The van der Waals surface area contributed by atoms with E-state index in [9.17, 15) is 9.59 Å². The summed E-state index contributed by atoms with van der Waals surface area (Å²) in [6.07, 6.45) is 1.50. The maximum absolute atomic E-state index is 12.2. The van der Waals surface area contributed by atoms with Crippen LogP contribution in [0, 0.1) is 0 Å². The third-order valence-electron chi connectivity index (χ3n) is 4.03. The first-order valence-electron chi connectivity index (χ1n) is 7.86. The van der Waals surface area contributed by atoms with Crippen molar-refractivity contribution in [3.63, 3.8) is 0 Å². The van der Waals surface area contributed by atoms with Gasteiger partial charge in [0.2, 0.25) is 5.91 Å². The van der Waals surface area contributed by atoms with Crippen LogP contribution in [0.4, 0.5) is 4.79 Å². The zero-order chi connectivity index (χ0) is 16.4. The van der Waals surface area contributed by atoms with Crippen molar-refractivity contribution in [2.45, 2.75) is 57.9 Å². The van der Waals surface area contributed by atoms with Gasteiger partial charge >= 0.3 is 6.03 Å². The highest BCUT2D eigenvalue weighted by molar-refractivity contribution is 5.97. The van der Waals surface area contributed by atoms with Crippen LogP contribution in [0.5, 0.6) is 0 Å². The van der Waals surface area contributed by atoms with E-state index in [4.69, 9.17) is 9.47 Å². The van der Waals surface area contributed by atoms with Crippen molar-refractivity contribution in [3.05, 3.63) is 0 Å². The van der Waals surface area contributed by atoms with Gasteiger partial charge in [-0.2, -0.15) is 0 Å². The first kappa shape index (κ1) is 17.2. The zero-order valence-corrected chi connectivity index (χ0v) is 13.9. The van der Waals surface area contributed by atoms with E-state index in [1.807, 2.05) is 27.7 Å². The molecule has 22 heavy (non-hydrogen) atoms. The van der Waals surface area contributed by atoms with Gasteiger partial charge in [0.1, 0.15) is 0 Å². The van der Waals surface area contributed by atoms with Crippen LogP contribution in [0.1, 0.15) is 40.5 Å². The van der Waals surface area contributed by atoms with E-state index in [2.05, 4.69) is 15.5 Å². The Morgan fingerprint density at radius 3 is 2.18 bits per heavy atom. The predicted octanol–water partition coefficient (Wildman–Crippen LogP) is 0.838. The number of hydrogen-bond donors (Lipinski definition) is 2. The van der Waals surface area contributed by atoms with E-state index in [-0.39, 0.29) is 17.5 Å². The molecule has 126 valence electrons. The standard InChI is InChI=1S/C15H27N3O4/c1-11(12(19)16-13(20)17-14(2,3)4)18-7-5-15(6-8-18)21-9-10-22-15/h11H,5-10H2,1-4H3,(H2,16,17,19,20)/t11-/m1/s1. The summed E-state index contributed by atoms with van der Waals surface area (Å²) in [5.41, 5.74) is -0.373. The van der Waals surface area contributed by atoms with E-state index < -0.39 is 11.8 Å². The molecule has 2 N–H and O–H groups in total. The number of nitrogens with zero attached hydrogens (tertiary/aromatic N) is 1. The highest BCUT2D eigenvalue weighted by Gasteiger charge is 2.41. The lowest BCUT2D eigenvalue weighted by Crippen LogP contribution is -2.55. The third-order valence-corrected chi connectivity index (χ3v) is 4.03. The van der Waals surface area contributed by atoms with Gasteiger partial charge in [0, 0.05) is 31.5 Å². The van der Waals surface area contributed by atoms with Crippen molar-refractivity contribution in [1.82, 2.24) is 15.5 Å². The Bertz CT molecular complexity index is 417. The molecule has 1 spiro atoms. The van der Waals surface area contributed by atoms with Crippen LogP contribution in [0.25, 0.3) is 0 Å². The summed E-state index contributed by atoms with van der Waals surface area (Å²) in [4.78, 5) is 26.0. The Balaban J connectivity index is 1.80. The number of carbonyl (C=O) groups excluding carboxylic acids is 2. The summed E-state index contributed by atoms with van der Waals surface area (Å²) in [5, 5.41) is 5.12. The summed E-state index contributed by atoms with van der Waals surface area (Å²) in [5.74, 6) is -0.734. The largest absolute Gasteiger partial charge is 0.347 e. The summed E-state index contributed by atoms with van der Waals surface area (Å²) in [7, 11) is 0. The fourth-order valence-corrected chi connectivity index (χ4v) is 2.79. The van der Waals surface area contributed by atoms with Crippen molar-refractivity contribution >= 4 is 11.9 Å². The van der Waals surface area contributed by atoms with E-state index in [0.717, 1.165) is 25.9 Å². The molecule has 0 radical (unpaired) electrons. The van der Waals surface area contributed by atoms with Crippen molar-refractivity contribution in [3.8, 4) is 0 Å². The smallest absolute Gasteiger partial charge is 0.321 e. The first-order valence-corrected chi connectivity index (χ1v) is 7.86. The van der Waals surface area contributed by atoms with Crippen molar-refractivity contribution in [2.75, 3.05) is 26.3 Å². The number of ether oxygens (including phenoxy) is 2. The summed E-state index contributed by atoms with van der Waals surface area (Å²) in [6.45, 7) is 10.1. The predicted molar refractivity (Wildman–Crippen MR) is 81.3 cm³/mol. The lowest BCUT2D eigenvalue weighted by molar-refractivity contribution is -0.188. The second-order valence-electron chi connectivity index (χ2n) is 7.01. The molecule has 7 nitrogen and oxygen atoms in total. The Morgan fingerprint density at radius 2 is 1.68 bits per heavy atom. The molecule has 0 aliphatic carbocycles. The van der Waals surface area contributed by atoms with E-state index in [1.54, 1.807) is 0 Å². The molecule has 2 aliphatic heterocycles. The average molecular weight is 313 g/mol. The molecule has 0 unspecified atom stereocenters. The second kappa shape index (κ2) is 6.52. The monoisotopic (exact) mass is 313 g/mol. The molecular weight excluding hydrogens is 286 g/mol. The van der Waals surface area contributed by atoms with Crippen LogP contribution >= 0.6 is 0 Å². The van der Waals surface area contributed by atoms with Crippen LogP contribution in [0.2, 0.25) is 0 Å². The molecule has 0 aromatic rings. The molecule has 3 amide bonds. The quantitative estimate of drug-likeness (QED) is 0.789. The summed E-state index contributed by atoms with van der Waals surface area (Å²) in [6, 6.07) is -0.815. The molecular formula is C15H27N3O4. The fraction of sp³-hybridized carbons (Fsp3) is 0.867. The topological polar surface area (TPSA) is 79.9 Å². The number of imide groups is 1. The van der Waals surface area contributed by atoms with Crippen molar-refractivity contribution in [1.29, 1.82) is 0 Å². The second-order valence-corrected chi connectivity index (χ2v) is 7.01. The molecule has 2 rings (SSSR count). The number of hydrogen-bond acceptors (Lipinski definition) is 5. The number of piperidine rings is 1. The SMILES string of the molecule is C[C@H](C(=O)NC(=O)NC(C)(C)C)N1CCC2(CC1)OCCO2. The Labute approximate surface area is 131 Å². The zero-order valence-electron chi connectivity index (χ0n) is 13.9. The van der Waals surface area contributed by atoms with E-state index in [1.165, 1.54) is 0 Å². The van der Waals surface area contributed by atoms with Crippen molar-refractivity contribution in [2.24, 2.45) is 0 Å². The molecule has 0 saturated carbocycles. The van der Waals surface area contributed by atoms with Gasteiger partial charge in [-0.05, 0) is 27.7 Å². The molecule has 0 bridgehead atoms. The Kier molecular flexibility index (Phi) is 5.09. The highest BCUT2D eigenvalue weighted by Crippen LogP contribution is 2.31. The van der Waals surface area contributed by atoms with Crippen LogP contribution in [-0.2, 0) is 14.3 Å². The number of amides is 3. The van der Waals surface area contributed by atoms with Crippen LogP contribution in [0.3, 0.4) is 0 Å². The molecule has 0 aromatic carbocycles. The highest BCUT2D eigenvalue weighted by atomic mass is 16.7. The molecule has 2 saturated heterocycles. The summed E-state index contributed by atoms with van der Waals surface area (Å²) < 4.78 is 11.4. The van der Waals surface area contributed by atoms with Gasteiger partial charge in [0.15, 0.2) is 5.79 Å². The minimum Gasteiger partial charge on any atom is -0.347 e. The number of nitrogens with one attached hydrogen (secondary N) is 2. The Hall–Kier alpha value is -1.18. The minimum absolute atomic E-state index is 0.286. The summed E-state index contributed by atoms with van der Waals surface area (Å²) >= 11 is 0. The van der Waals surface area contributed by atoms with Gasteiger partial charge in [-0.15, -0.1) is 0 Å². The molecule has 1 atom stereocenters. The van der Waals surface area contributed by atoms with Gasteiger partial charge < -0.3 is 14.8 Å². The molecule has 7 heteroatoms. The lowest BCUT2D eigenvalue weighted by atomic mass is 10.0. The molecule has 0 aromatic heterocycles. The van der Waals surface area contributed by atoms with Crippen molar-refractivity contribution < 1.29 is 19.1 Å². The molecule has 2 aliphatic rings. The Morgan fingerprint density at radius 1 is 1.14 bits per heavy atom. The van der Waals surface area contributed by atoms with E-state index in [0.29, 0.717) is 13.2 Å². The maximum Gasteiger partial charge on any atom is 0.321 e. The normalized spacial score (nSPS) is 23.3. The van der Waals surface area contributed by atoms with Gasteiger partial charge in [-0.1, -0.05) is 0 Å². The van der Waals surface area contributed by atoms with Gasteiger partial charge in [-0.25, -0.2) is 4.79 Å². The first-order chi connectivity index (χ1) is 10.2. The van der Waals surface area contributed by atoms with Gasteiger partial charge in [-0.3, -0.25) is 15.0 Å². The van der Waals surface area contributed by atoms with Crippen LogP contribution in [0.15, 0.2) is 0 Å². The van der Waals surface area contributed by atoms with Crippen LogP contribution in [-0.4, -0.2) is 60.5 Å². The average Bonchev–Trinajstić information content (AvgIpc) is 2.85.